The molecule has 0 saturated heterocycles. The van der Waals surface area contributed by atoms with E-state index in [9.17, 15) is 25.2 Å². The molecular formula is C19H15F6PS. The van der Waals surface area contributed by atoms with Crippen LogP contribution in [0.2, 0.25) is 0 Å². The van der Waals surface area contributed by atoms with Gasteiger partial charge in [0.1, 0.15) is 0 Å². The van der Waals surface area contributed by atoms with Crippen LogP contribution in [0.5, 0.6) is 0 Å². The van der Waals surface area contributed by atoms with Crippen LogP contribution in [-0.2, 0) is 0 Å². The number of halogens is 6. The molecule has 4 rings (SSSR count). The van der Waals surface area contributed by atoms with E-state index in [1.165, 1.54) is 30.6 Å². The van der Waals surface area contributed by atoms with E-state index in [1.807, 2.05) is 0 Å². The third kappa shape index (κ3) is 5.44. The molecule has 0 N–H and O–H groups in total. The molecule has 27 heavy (non-hydrogen) atoms. The summed E-state index contributed by atoms with van der Waals surface area (Å²) in [6, 6.07) is 26.6. The Labute approximate surface area is 154 Å². The van der Waals surface area contributed by atoms with E-state index in [2.05, 4.69) is 79.7 Å². The van der Waals surface area contributed by atoms with Crippen LogP contribution in [0.1, 0.15) is 5.56 Å². The van der Waals surface area contributed by atoms with Gasteiger partial charge in [0.15, 0.2) is 14.3 Å². The molecular weight excluding hydrogens is 405 g/mol. The number of hydrogen-bond donors (Lipinski definition) is 0. The second-order valence-corrected chi connectivity index (χ2v) is 9.95. The summed E-state index contributed by atoms with van der Waals surface area (Å²) in [7, 11) is -10.6. The molecule has 4 aromatic rings. The van der Waals surface area contributed by atoms with Crippen molar-refractivity contribution in [1.82, 2.24) is 0 Å². The van der Waals surface area contributed by atoms with Crippen molar-refractivity contribution in [3.05, 3.63) is 78.4 Å². The van der Waals surface area contributed by atoms with Gasteiger partial charge in [-0.15, -0.1) is 0 Å². The normalized spacial score (nSPS) is 14.3. The molecule has 0 amide bonds. The van der Waals surface area contributed by atoms with Crippen LogP contribution in [0.25, 0.3) is 25.1 Å². The number of fused-ring (bicyclic) bond motifs is 3. The molecule has 0 aliphatic carbocycles. The van der Waals surface area contributed by atoms with Gasteiger partial charge in [0.05, 0.1) is 0 Å². The molecule has 0 bridgehead atoms. The molecule has 0 nitrogen and oxygen atoms in total. The van der Waals surface area contributed by atoms with Crippen LogP contribution in [0.4, 0.5) is 25.2 Å². The van der Waals surface area contributed by atoms with Gasteiger partial charge in [-0.1, -0.05) is 42.0 Å². The van der Waals surface area contributed by atoms with Crippen molar-refractivity contribution in [2.75, 3.05) is 0 Å². The maximum absolute atomic E-state index is 10.7. The van der Waals surface area contributed by atoms with Crippen molar-refractivity contribution in [2.24, 2.45) is 0 Å². The Kier molecular flexibility index (Phi) is 4.32. The SMILES string of the molecule is Cc1ccc(-[s+]2c3ccccc3c3ccccc32)cc1.F[P-](F)(F)(F)(F)F. The van der Waals surface area contributed by atoms with E-state index >= 15 is 0 Å². The van der Waals surface area contributed by atoms with Crippen molar-refractivity contribution in [2.45, 2.75) is 6.92 Å². The van der Waals surface area contributed by atoms with Crippen molar-refractivity contribution in [3.63, 3.8) is 0 Å². The van der Waals surface area contributed by atoms with Crippen molar-refractivity contribution < 1.29 is 25.2 Å². The zero-order valence-electron chi connectivity index (χ0n) is 14.1. The summed E-state index contributed by atoms with van der Waals surface area (Å²) in [6.45, 7) is 2.14. The van der Waals surface area contributed by atoms with Crippen LogP contribution in [0.15, 0.2) is 72.8 Å². The van der Waals surface area contributed by atoms with Gasteiger partial charge in [-0.25, -0.2) is 0 Å². The molecule has 0 radical (unpaired) electrons. The fraction of sp³-hybridized carbons (Fsp3) is 0.0526. The Morgan fingerprint density at radius 3 is 1.37 bits per heavy atom. The Bertz CT molecular complexity index is 1050. The van der Waals surface area contributed by atoms with E-state index in [-0.39, 0.29) is 10.5 Å². The molecule has 0 unspecified atom stereocenters. The van der Waals surface area contributed by atoms with Crippen LogP contribution in [-0.4, -0.2) is 0 Å². The number of hydrogen-bond acceptors (Lipinski definition) is 0. The summed E-state index contributed by atoms with van der Waals surface area (Å²) in [5.41, 5.74) is 1.32. The molecule has 1 aromatic heterocycles. The fourth-order valence-electron chi connectivity index (χ4n) is 2.78. The first-order valence-electron chi connectivity index (χ1n) is 7.85. The summed E-state index contributed by atoms with van der Waals surface area (Å²) in [5.74, 6) is 0. The van der Waals surface area contributed by atoms with Gasteiger partial charge in [0, 0.05) is 21.2 Å². The number of rotatable bonds is 1. The number of aryl methyl sites for hydroxylation is 1. The van der Waals surface area contributed by atoms with E-state index in [0.29, 0.717) is 0 Å². The molecule has 0 spiro atoms. The third-order valence-corrected chi connectivity index (χ3v) is 6.10. The summed E-state index contributed by atoms with van der Waals surface area (Å²) in [6.07, 6.45) is 0. The monoisotopic (exact) mass is 420 g/mol. The summed E-state index contributed by atoms with van der Waals surface area (Å²) < 4.78 is 62.1. The topological polar surface area (TPSA) is 0 Å². The van der Waals surface area contributed by atoms with Gasteiger partial charge in [-0.2, -0.15) is 0 Å². The zero-order valence-corrected chi connectivity index (χ0v) is 15.8. The third-order valence-electron chi connectivity index (χ3n) is 3.76. The average Bonchev–Trinajstić information content (AvgIpc) is 2.88. The van der Waals surface area contributed by atoms with Gasteiger partial charge in [0.25, 0.3) is 0 Å². The number of thiophene rings is 1. The second kappa shape index (κ2) is 5.94. The Morgan fingerprint density at radius 1 is 0.593 bits per heavy atom. The van der Waals surface area contributed by atoms with Gasteiger partial charge in [0.2, 0.25) is 0 Å². The first-order chi connectivity index (χ1) is 12.3. The van der Waals surface area contributed by atoms with Crippen LogP contribution in [0.3, 0.4) is 0 Å². The van der Waals surface area contributed by atoms with Crippen molar-refractivity contribution >= 4 is 38.5 Å². The zero-order chi connectivity index (χ0) is 19.9. The standard InChI is InChI=1S/C19H15S.F6P/c1-14-10-12-15(13-11-14)20-18-8-4-2-6-16(18)17-7-3-5-9-19(17)20;1-7(2,3,4,5)6/h2-13H,1H3;/q+1;-1. The Morgan fingerprint density at radius 2 is 0.963 bits per heavy atom. The minimum atomic E-state index is -10.7. The molecule has 0 atom stereocenters. The molecule has 8 heteroatoms. The first-order valence-corrected chi connectivity index (χ1v) is 11.1. The molecule has 1 heterocycles. The van der Waals surface area contributed by atoms with Gasteiger partial charge in [-0.3, -0.25) is 0 Å². The molecule has 0 fully saturated rings. The quantitative estimate of drug-likeness (QED) is 0.163. The van der Waals surface area contributed by atoms with Gasteiger partial charge >= 0.3 is 33.0 Å². The summed E-state index contributed by atoms with van der Waals surface area (Å²) in [4.78, 5) is 1.41. The first kappa shape index (κ1) is 19.6. The Hall–Kier alpha value is -2.11. The molecule has 144 valence electrons. The van der Waals surface area contributed by atoms with Crippen LogP contribution >= 0.6 is 18.3 Å². The van der Waals surface area contributed by atoms with E-state index in [1.54, 1.807) is 0 Å². The van der Waals surface area contributed by atoms with Crippen molar-refractivity contribution in [3.8, 4) is 4.90 Å². The molecule has 0 aliphatic heterocycles. The van der Waals surface area contributed by atoms with Crippen LogP contribution < -0.4 is 0 Å². The van der Waals surface area contributed by atoms with Gasteiger partial charge in [-0.05, 0) is 43.3 Å². The average molecular weight is 420 g/mol. The van der Waals surface area contributed by atoms with Crippen LogP contribution in [0, 0.1) is 6.92 Å². The van der Waals surface area contributed by atoms with E-state index in [0.717, 1.165) is 0 Å². The van der Waals surface area contributed by atoms with E-state index < -0.39 is 7.81 Å². The molecule has 0 saturated carbocycles. The maximum atomic E-state index is 9.87. The molecule has 3 aromatic carbocycles. The minimum absolute atomic E-state index is 0.0512. The summed E-state index contributed by atoms with van der Waals surface area (Å²) in [5, 5.41) is 2.79. The fourth-order valence-corrected chi connectivity index (χ4v) is 5.16. The van der Waals surface area contributed by atoms with E-state index in [4.69, 9.17) is 0 Å². The number of benzene rings is 3. The molecule has 0 aliphatic rings. The second-order valence-electron chi connectivity index (χ2n) is 6.07. The van der Waals surface area contributed by atoms with Gasteiger partial charge < -0.3 is 0 Å². The Balaban J connectivity index is 0.000000260. The predicted molar refractivity (Wildman–Crippen MR) is 104 cm³/mol. The summed E-state index contributed by atoms with van der Waals surface area (Å²) >= 11 is 0. The predicted octanol–water partition coefficient (Wildman–Crippen LogP) is 9.42. The van der Waals surface area contributed by atoms with Crippen molar-refractivity contribution in [1.29, 1.82) is 0 Å².